The molecule has 1 fully saturated rings. The Hall–Kier alpha value is -1.51. The minimum absolute atomic E-state index is 0. The number of guanidine groups is 1. The maximum Gasteiger partial charge on any atom is 0.319 e. The molecule has 0 aromatic heterocycles. The van der Waals surface area contributed by atoms with E-state index in [0.29, 0.717) is 12.0 Å². The third-order valence-corrected chi connectivity index (χ3v) is 4.35. The molecule has 2 amide bonds. The molecule has 1 aliphatic rings. The van der Waals surface area contributed by atoms with E-state index in [1.807, 2.05) is 38.1 Å². The number of likely N-dealkylation sites (tertiary alicyclic amines) is 1. The monoisotopic (exact) mass is 487 g/mol. The van der Waals surface area contributed by atoms with Crippen molar-refractivity contribution < 1.29 is 4.79 Å². The van der Waals surface area contributed by atoms with Crippen molar-refractivity contribution in [1.29, 1.82) is 0 Å². The molecule has 0 unspecified atom stereocenters. The fourth-order valence-electron chi connectivity index (χ4n) is 3.01. The Labute approximate surface area is 180 Å². The topological polar surface area (TPSA) is 68.8 Å². The highest BCUT2D eigenvalue weighted by Gasteiger charge is 2.30. The second-order valence-electron chi connectivity index (χ2n) is 7.96. The number of anilines is 1. The molecule has 7 heteroatoms. The predicted octanol–water partition coefficient (Wildman–Crippen LogP) is 4.03. The van der Waals surface area contributed by atoms with Crippen molar-refractivity contribution in [3.63, 3.8) is 0 Å². The summed E-state index contributed by atoms with van der Waals surface area (Å²) in [7, 11) is 0. The molecular formula is C20H34IN5O. The molecule has 27 heavy (non-hydrogen) atoms. The molecule has 0 saturated carbocycles. The summed E-state index contributed by atoms with van der Waals surface area (Å²) < 4.78 is 0. The third kappa shape index (κ3) is 7.94. The van der Waals surface area contributed by atoms with Crippen LogP contribution in [0.3, 0.4) is 0 Å². The van der Waals surface area contributed by atoms with Crippen molar-refractivity contribution in [1.82, 2.24) is 15.5 Å². The van der Waals surface area contributed by atoms with E-state index in [2.05, 4.69) is 41.6 Å². The molecule has 1 aliphatic heterocycles. The Morgan fingerprint density at radius 2 is 1.93 bits per heavy atom. The normalized spacial score (nSPS) is 16.1. The molecule has 1 aromatic rings. The van der Waals surface area contributed by atoms with Crippen molar-refractivity contribution in [3.8, 4) is 0 Å². The van der Waals surface area contributed by atoms with Gasteiger partial charge in [0.05, 0.1) is 6.54 Å². The van der Waals surface area contributed by atoms with Crippen LogP contribution in [0.5, 0.6) is 0 Å². The minimum atomic E-state index is -0.183. The summed E-state index contributed by atoms with van der Waals surface area (Å²) in [6.07, 6.45) is 1.19. The van der Waals surface area contributed by atoms with Crippen LogP contribution in [0, 0.1) is 5.41 Å². The lowest BCUT2D eigenvalue weighted by atomic mass is 9.93. The highest BCUT2D eigenvalue weighted by Crippen LogP contribution is 2.28. The molecule has 152 valence electrons. The zero-order valence-corrected chi connectivity index (χ0v) is 19.5. The van der Waals surface area contributed by atoms with Gasteiger partial charge in [0.1, 0.15) is 0 Å². The number of nitrogens with one attached hydrogen (secondary N) is 3. The number of benzene rings is 1. The fraction of sp³-hybridized carbons (Fsp3) is 0.600. The van der Waals surface area contributed by atoms with E-state index < -0.39 is 0 Å². The number of nitrogens with zero attached hydrogens (tertiary/aromatic N) is 2. The number of amides is 2. The van der Waals surface area contributed by atoms with E-state index in [4.69, 9.17) is 4.99 Å². The standard InChI is InChI=1S/C20H33N5O.HI/c1-6-21-18(25-12-11-20(4,5)14-25)22-13-16-7-9-17(10-8-16)24-19(26)23-15(2)3;/h7-10,15H,6,11-14H2,1-5H3,(H,21,22)(H2,23,24,26);1H. The molecule has 0 bridgehead atoms. The predicted molar refractivity (Wildman–Crippen MR) is 124 cm³/mol. The van der Waals surface area contributed by atoms with Crippen LogP contribution in [0.2, 0.25) is 0 Å². The van der Waals surface area contributed by atoms with Crippen molar-refractivity contribution in [2.24, 2.45) is 10.4 Å². The van der Waals surface area contributed by atoms with Crippen LogP contribution < -0.4 is 16.0 Å². The molecule has 6 nitrogen and oxygen atoms in total. The Kier molecular flexibility index (Phi) is 9.35. The van der Waals surface area contributed by atoms with Crippen LogP contribution in [0.4, 0.5) is 10.5 Å². The van der Waals surface area contributed by atoms with Gasteiger partial charge in [0.2, 0.25) is 0 Å². The number of rotatable bonds is 5. The first-order chi connectivity index (χ1) is 12.3. The van der Waals surface area contributed by atoms with Gasteiger partial charge in [-0.15, -0.1) is 24.0 Å². The average molecular weight is 487 g/mol. The number of carbonyl (C=O) groups excluding carboxylic acids is 1. The summed E-state index contributed by atoms with van der Waals surface area (Å²) in [5, 5.41) is 9.04. The van der Waals surface area contributed by atoms with Crippen LogP contribution in [-0.4, -0.2) is 42.6 Å². The molecule has 0 radical (unpaired) electrons. The van der Waals surface area contributed by atoms with Gasteiger partial charge >= 0.3 is 6.03 Å². The molecule has 0 atom stereocenters. The lowest BCUT2D eigenvalue weighted by Gasteiger charge is -2.23. The Morgan fingerprint density at radius 1 is 1.26 bits per heavy atom. The first kappa shape index (κ1) is 23.5. The van der Waals surface area contributed by atoms with Gasteiger partial charge in [-0.3, -0.25) is 0 Å². The van der Waals surface area contributed by atoms with E-state index in [1.54, 1.807) is 0 Å². The number of aliphatic imine (C=N–C) groups is 1. The van der Waals surface area contributed by atoms with Crippen LogP contribution in [0.15, 0.2) is 29.3 Å². The van der Waals surface area contributed by atoms with Crippen molar-refractivity contribution >= 4 is 41.7 Å². The Bertz CT molecular complexity index is 628. The molecule has 3 N–H and O–H groups in total. The lowest BCUT2D eigenvalue weighted by Crippen LogP contribution is -2.40. The maximum atomic E-state index is 11.7. The van der Waals surface area contributed by atoms with Gasteiger partial charge in [0.25, 0.3) is 0 Å². The first-order valence-corrected chi connectivity index (χ1v) is 9.49. The van der Waals surface area contributed by atoms with Crippen molar-refractivity contribution in [3.05, 3.63) is 29.8 Å². The average Bonchev–Trinajstić information content (AvgIpc) is 2.92. The summed E-state index contributed by atoms with van der Waals surface area (Å²) in [6, 6.07) is 7.77. The van der Waals surface area contributed by atoms with Gasteiger partial charge in [0.15, 0.2) is 5.96 Å². The number of halogens is 1. The summed E-state index contributed by atoms with van der Waals surface area (Å²) in [5.74, 6) is 0.983. The molecular weight excluding hydrogens is 453 g/mol. The molecule has 1 heterocycles. The van der Waals surface area contributed by atoms with Gasteiger partial charge in [-0.2, -0.15) is 0 Å². The first-order valence-electron chi connectivity index (χ1n) is 9.49. The summed E-state index contributed by atoms with van der Waals surface area (Å²) in [6.45, 7) is 14.1. The highest BCUT2D eigenvalue weighted by molar-refractivity contribution is 14.0. The van der Waals surface area contributed by atoms with Crippen molar-refractivity contribution in [2.45, 2.75) is 53.6 Å². The zero-order valence-electron chi connectivity index (χ0n) is 17.1. The van der Waals surface area contributed by atoms with Crippen LogP contribution >= 0.6 is 24.0 Å². The van der Waals surface area contributed by atoms with Gasteiger partial charge < -0.3 is 20.9 Å². The van der Waals surface area contributed by atoms with Crippen LogP contribution in [0.25, 0.3) is 0 Å². The zero-order chi connectivity index (χ0) is 19.2. The lowest BCUT2D eigenvalue weighted by molar-refractivity contribution is 0.250. The highest BCUT2D eigenvalue weighted by atomic mass is 127. The van der Waals surface area contributed by atoms with E-state index in [1.165, 1.54) is 6.42 Å². The number of urea groups is 1. The fourth-order valence-corrected chi connectivity index (χ4v) is 3.01. The van der Waals surface area contributed by atoms with E-state index >= 15 is 0 Å². The van der Waals surface area contributed by atoms with Gasteiger partial charge in [-0.05, 0) is 50.3 Å². The second kappa shape index (κ2) is 10.7. The number of hydrogen-bond acceptors (Lipinski definition) is 2. The molecule has 0 aliphatic carbocycles. The van der Waals surface area contributed by atoms with Gasteiger partial charge in [-0.25, -0.2) is 9.79 Å². The smallest absolute Gasteiger partial charge is 0.319 e. The Morgan fingerprint density at radius 3 is 2.44 bits per heavy atom. The quantitative estimate of drug-likeness (QED) is 0.334. The second-order valence-corrected chi connectivity index (χ2v) is 7.96. The van der Waals surface area contributed by atoms with Gasteiger partial charge in [-0.1, -0.05) is 26.0 Å². The minimum Gasteiger partial charge on any atom is -0.357 e. The Balaban J connectivity index is 0.00000364. The summed E-state index contributed by atoms with van der Waals surface area (Å²) in [5.41, 5.74) is 2.25. The van der Waals surface area contributed by atoms with Crippen LogP contribution in [0.1, 0.15) is 46.6 Å². The van der Waals surface area contributed by atoms with E-state index in [0.717, 1.165) is 36.8 Å². The molecule has 0 spiro atoms. The largest absolute Gasteiger partial charge is 0.357 e. The molecule has 2 rings (SSSR count). The van der Waals surface area contributed by atoms with E-state index in [9.17, 15) is 4.79 Å². The summed E-state index contributed by atoms with van der Waals surface area (Å²) >= 11 is 0. The number of hydrogen-bond donors (Lipinski definition) is 3. The molecule has 1 aromatic carbocycles. The molecule has 1 saturated heterocycles. The third-order valence-electron chi connectivity index (χ3n) is 4.35. The van der Waals surface area contributed by atoms with Crippen molar-refractivity contribution in [2.75, 3.05) is 25.0 Å². The maximum absolute atomic E-state index is 11.7. The summed E-state index contributed by atoms with van der Waals surface area (Å²) in [4.78, 5) is 18.9. The van der Waals surface area contributed by atoms with Crippen LogP contribution in [-0.2, 0) is 6.54 Å². The number of carbonyl (C=O) groups is 1. The SMILES string of the molecule is CCNC(=NCc1ccc(NC(=O)NC(C)C)cc1)N1CCC(C)(C)C1.I. The van der Waals surface area contributed by atoms with E-state index in [-0.39, 0.29) is 36.0 Å². The van der Waals surface area contributed by atoms with Gasteiger partial charge in [0, 0.05) is 31.4 Å².